The van der Waals surface area contributed by atoms with E-state index in [4.69, 9.17) is 21.1 Å². The Morgan fingerprint density at radius 1 is 1.19 bits per heavy atom. The van der Waals surface area contributed by atoms with Crippen LogP contribution in [0.3, 0.4) is 0 Å². The number of carbonyl (C=O) groups excluding carboxylic acids is 1. The van der Waals surface area contributed by atoms with Crippen molar-refractivity contribution in [1.82, 2.24) is 0 Å². The van der Waals surface area contributed by atoms with Crippen LogP contribution >= 0.6 is 11.6 Å². The number of carbonyl (C=O) groups is 1. The molecule has 5 heteroatoms. The van der Waals surface area contributed by atoms with Crippen molar-refractivity contribution in [3.63, 3.8) is 0 Å². The predicted octanol–water partition coefficient (Wildman–Crippen LogP) is 3.73. The Morgan fingerprint density at radius 3 is 2.52 bits per heavy atom. The number of benzene rings is 1. The van der Waals surface area contributed by atoms with E-state index in [2.05, 4.69) is 5.32 Å². The van der Waals surface area contributed by atoms with Crippen LogP contribution in [0.4, 0.5) is 5.69 Å². The van der Waals surface area contributed by atoms with Gasteiger partial charge in [-0.25, -0.2) is 0 Å². The van der Waals surface area contributed by atoms with Crippen molar-refractivity contribution in [2.75, 3.05) is 19.5 Å². The average molecular weight is 310 g/mol. The normalized spacial score (nSPS) is 26.7. The number of rotatable bonds is 4. The molecule has 0 aliphatic heterocycles. The van der Waals surface area contributed by atoms with Gasteiger partial charge in [0, 0.05) is 18.1 Å². The molecular weight excluding hydrogens is 290 g/mol. The molecule has 114 valence electrons. The number of methoxy groups -OCH3 is 2. The van der Waals surface area contributed by atoms with E-state index in [1.165, 1.54) is 19.3 Å². The molecule has 1 aromatic rings. The van der Waals surface area contributed by atoms with Gasteiger partial charge in [-0.1, -0.05) is 18.0 Å². The summed E-state index contributed by atoms with van der Waals surface area (Å²) in [4.78, 5) is 12.5. The molecular formula is C16H20ClNO3. The van der Waals surface area contributed by atoms with E-state index in [0.717, 1.165) is 12.3 Å². The van der Waals surface area contributed by atoms with Gasteiger partial charge in [0.2, 0.25) is 5.91 Å². The van der Waals surface area contributed by atoms with E-state index in [0.29, 0.717) is 28.1 Å². The SMILES string of the molecule is COc1cc(NC(=O)C2CC3CCC2C3)c(OC)cc1Cl. The fraction of sp³-hybridized carbons (Fsp3) is 0.562. The van der Waals surface area contributed by atoms with Gasteiger partial charge in [-0.3, -0.25) is 4.79 Å². The monoisotopic (exact) mass is 309 g/mol. The smallest absolute Gasteiger partial charge is 0.227 e. The summed E-state index contributed by atoms with van der Waals surface area (Å²) < 4.78 is 10.5. The summed E-state index contributed by atoms with van der Waals surface area (Å²) in [6.07, 6.45) is 4.69. The molecule has 0 spiro atoms. The molecule has 1 aromatic carbocycles. The number of anilines is 1. The number of ether oxygens (including phenoxy) is 2. The second-order valence-electron chi connectivity index (χ2n) is 5.96. The van der Waals surface area contributed by atoms with Crippen LogP contribution in [0.2, 0.25) is 5.02 Å². The lowest BCUT2D eigenvalue weighted by Gasteiger charge is -2.21. The molecule has 2 saturated carbocycles. The first-order chi connectivity index (χ1) is 10.1. The van der Waals surface area contributed by atoms with E-state index in [1.807, 2.05) is 0 Å². The Labute approximate surface area is 129 Å². The third-order valence-electron chi connectivity index (χ3n) is 4.81. The molecule has 3 rings (SSSR count). The van der Waals surface area contributed by atoms with Gasteiger partial charge in [0.15, 0.2) is 0 Å². The van der Waals surface area contributed by atoms with Crippen LogP contribution in [0.15, 0.2) is 12.1 Å². The van der Waals surface area contributed by atoms with Crippen LogP contribution < -0.4 is 14.8 Å². The lowest BCUT2D eigenvalue weighted by Crippen LogP contribution is -2.27. The second kappa shape index (κ2) is 5.76. The first-order valence-electron chi connectivity index (χ1n) is 7.34. The summed E-state index contributed by atoms with van der Waals surface area (Å²) in [5.74, 6) is 2.60. The fourth-order valence-electron chi connectivity index (χ4n) is 3.75. The van der Waals surface area contributed by atoms with Gasteiger partial charge < -0.3 is 14.8 Å². The molecule has 2 fully saturated rings. The summed E-state index contributed by atoms with van der Waals surface area (Å²) in [6, 6.07) is 3.38. The minimum atomic E-state index is 0.0878. The van der Waals surface area contributed by atoms with Crippen molar-refractivity contribution < 1.29 is 14.3 Å². The highest BCUT2D eigenvalue weighted by atomic mass is 35.5. The summed E-state index contributed by atoms with van der Waals surface area (Å²) in [7, 11) is 3.11. The minimum absolute atomic E-state index is 0.0878. The Kier molecular flexibility index (Phi) is 3.98. The number of halogens is 1. The molecule has 2 aliphatic rings. The van der Waals surface area contributed by atoms with Crippen molar-refractivity contribution in [1.29, 1.82) is 0 Å². The van der Waals surface area contributed by atoms with Gasteiger partial charge in [-0.05, 0) is 31.1 Å². The fourth-order valence-corrected chi connectivity index (χ4v) is 3.98. The average Bonchev–Trinajstić information content (AvgIpc) is 3.11. The maximum Gasteiger partial charge on any atom is 0.227 e. The zero-order chi connectivity index (χ0) is 15.0. The zero-order valence-corrected chi connectivity index (χ0v) is 13.1. The zero-order valence-electron chi connectivity index (χ0n) is 12.3. The summed E-state index contributed by atoms with van der Waals surface area (Å²) in [5, 5.41) is 3.45. The molecule has 0 aromatic heterocycles. The number of hydrogen-bond donors (Lipinski definition) is 1. The highest BCUT2D eigenvalue weighted by Gasteiger charge is 2.43. The van der Waals surface area contributed by atoms with Crippen molar-refractivity contribution in [3.05, 3.63) is 17.2 Å². The number of hydrogen-bond acceptors (Lipinski definition) is 3. The Morgan fingerprint density at radius 2 is 1.95 bits per heavy atom. The quantitative estimate of drug-likeness (QED) is 0.922. The van der Waals surface area contributed by atoms with Crippen LogP contribution in [0.25, 0.3) is 0 Å². The standard InChI is InChI=1S/C16H20ClNO3/c1-20-14-8-13(15(21-2)7-12(14)17)18-16(19)11-6-9-3-4-10(11)5-9/h7-11H,3-6H2,1-2H3,(H,18,19). The number of amides is 1. The van der Waals surface area contributed by atoms with Gasteiger partial charge in [0.1, 0.15) is 11.5 Å². The molecule has 2 bridgehead atoms. The molecule has 3 unspecified atom stereocenters. The molecule has 1 amide bonds. The van der Waals surface area contributed by atoms with Gasteiger partial charge in [0.25, 0.3) is 0 Å². The van der Waals surface area contributed by atoms with E-state index in [9.17, 15) is 4.79 Å². The third kappa shape index (κ3) is 2.69. The van der Waals surface area contributed by atoms with Crippen LogP contribution in [-0.4, -0.2) is 20.1 Å². The highest BCUT2D eigenvalue weighted by Crippen LogP contribution is 2.49. The van der Waals surface area contributed by atoms with Gasteiger partial charge in [-0.15, -0.1) is 0 Å². The third-order valence-corrected chi connectivity index (χ3v) is 5.10. The number of fused-ring (bicyclic) bond motifs is 2. The largest absolute Gasteiger partial charge is 0.495 e. The Bertz CT molecular complexity index is 561. The predicted molar refractivity (Wildman–Crippen MR) is 82.1 cm³/mol. The van der Waals surface area contributed by atoms with Gasteiger partial charge in [-0.2, -0.15) is 0 Å². The van der Waals surface area contributed by atoms with Crippen LogP contribution in [0.1, 0.15) is 25.7 Å². The Hall–Kier alpha value is -1.42. The summed E-state index contributed by atoms with van der Waals surface area (Å²) in [5.41, 5.74) is 0.617. The van der Waals surface area contributed by atoms with Crippen molar-refractivity contribution in [3.8, 4) is 11.5 Å². The molecule has 1 N–H and O–H groups in total. The second-order valence-corrected chi connectivity index (χ2v) is 6.36. The molecule has 0 saturated heterocycles. The van der Waals surface area contributed by atoms with E-state index < -0.39 is 0 Å². The lowest BCUT2D eigenvalue weighted by molar-refractivity contribution is -0.121. The first kappa shape index (κ1) is 14.5. The van der Waals surface area contributed by atoms with E-state index in [-0.39, 0.29) is 11.8 Å². The number of nitrogens with one attached hydrogen (secondary N) is 1. The lowest BCUT2D eigenvalue weighted by atomic mass is 9.88. The molecule has 21 heavy (non-hydrogen) atoms. The van der Waals surface area contributed by atoms with E-state index in [1.54, 1.807) is 26.4 Å². The molecule has 3 atom stereocenters. The minimum Gasteiger partial charge on any atom is -0.495 e. The molecule has 4 nitrogen and oxygen atoms in total. The highest BCUT2D eigenvalue weighted by molar-refractivity contribution is 6.32. The van der Waals surface area contributed by atoms with E-state index >= 15 is 0 Å². The van der Waals surface area contributed by atoms with Crippen LogP contribution in [-0.2, 0) is 4.79 Å². The van der Waals surface area contributed by atoms with Crippen LogP contribution in [0.5, 0.6) is 11.5 Å². The van der Waals surface area contributed by atoms with Gasteiger partial charge >= 0.3 is 0 Å². The van der Waals surface area contributed by atoms with Crippen molar-refractivity contribution >= 4 is 23.2 Å². The molecule has 0 heterocycles. The maximum absolute atomic E-state index is 12.5. The summed E-state index contributed by atoms with van der Waals surface area (Å²) >= 11 is 6.08. The maximum atomic E-state index is 12.5. The first-order valence-corrected chi connectivity index (χ1v) is 7.72. The summed E-state index contributed by atoms with van der Waals surface area (Å²) in [6.45, 7) is 0. The van der Waals surface area contributed by atoms with Crippen LogP contribution in [0, 0.1) is 17.8 Å². The molecule has 0 radical (unpaired) electrons. The van der Waals surface area contributed by atoms with Gasteiger partial charge in [0.05, 0.1) is 24.9 Å². The van der Waals surface area contributed by atoms with Crippen molar-refractivity contribution in [2.24, 2.45) is 17.8 Å². The molecule has 2 aliphatic carbocycles. The van der Waals surface area contributed by atoms with Crippen molar-refractivity contribution in [2.45, 2.75) is 25.7 Å². The topological polar surface area (TPSA) is 47.6 Å². The Balaban J connectivity index is 1.79.